The van der Waals surface area contributed by atoms with Crippen molar-refractivity contribution in [1.29, 1.82) is 0 Å². The number of aromatic nitrogens is 1. The monoisotopic (exact) mass is 205 g/mol. The van der Waals surface area contributed by atoms with Crippen LogP contribution in [0.5, 0.6) is 0 Å². The predicted molar refractivity (Wildman–Crippen MR) is 40.9 cm³/mol. The van der Waals surface area contributed by atoms with Crippen molar-refractivity contribution in [2.45, 2.75) is 13.1 Å². The van der Waals surface area contributed by atoms with E-state index in [1.807, 2.05) is 0 Å². The molecule has 1 rings (SSSR count). The fourth-order valence-corrected chi connectivity index (χ4v) is 0.956. The average molecular weight is 205 g/mol. The number of carboxylic acids is 1. The van der Waals surface area contributed by atoms with Gasteiger partial charge in [-0.3, -0.25) is 0 Å². The summed E-state index contributed by atoms with van der Waals surface area (Å²) in [5.41, 5.74) is -1.92. The summed E-state index contributed by atoms with van der Waals surface area (Å²) in [6.45, 7) is 1.41. The second-order valence-electron chi connectivity index (χ2n) is 2.71. The Bertz CT molecular complexity index is 373. The van der Waals surface area contributed by atoms with Gasteiger partial charge in [-0.05, 0) is 18.6 Å². The fourth-order valence-electron chi connectivity index (χ4n) is 0.956. The fraction of sp³-hybridized carbons (Fsp3) is 0.250. The molecule has 0 aliphatic heterocycles. The minimum Gasteiger partial charge on any atom is -0.476 e. The molecule has 14 heavy (non-hydrogen) atoms. The molecule has 6 heteroatoms. The van der Waals surface area contributed by atoms with Gasteiger partial charge in [0.1, 0.15) is 0 Å². The van der Waals surface area contributed by atoms with Gasteiger partial charge in [-0.2, -0.15) is 13.2 Å². The average Bonchev–Trinajstić information content (AvgIpc) is 2.01. The Hall–Kier alpha value is -1.59. The molecule has 1 heterocycles. The number of carboxylic acid groups (broad SMARTS) is 1. The van der Waals surface area contributed by atoms with E-state index in [4.69, 9.17) is 5.11 Å². The Morgan fingerprint density at radius 2 is 2.07 bits per heavy atom. The highest BCUT2D eigenvalue weighted by Gasteiger charge is 2.36. The molecule has 0 fully saturated rings. The van der Waals surface area contributed by atoms with Crippen LogP contribution < -0.4 is 0 Å². The number of aromatic carboxylic acids is 1. The zero-order chi connectivity index (χ0) is 10.9. The second-order valence-corrected chi connectivity index (χ2v) is 2.71. The van der Waals surface area contributed by atoms with E-state index in [1.54, 1.807) is 0 Å². The number of nitrogens with zero attached hydrogens (tertiary/aromatic N) is 1. The smallest absolute Gasteiger partial charge is 0.418 e. The molecular formula is C8H6F3NO2. The maximum Gasteiger partial charge on any atom is 0.418 e. The maximum atomic E-state index is 12.3. The number of hydrogen-bond donors (Lipinski definition) is 1. The number of rotatable bonds is 1. The summed E-state index contributed by atoms with van der Waals surface area (Å²) in [7, 11) is 0. The van der Waals surface area contributed by atoms with Crippen LogP contribution in [0.3, 0.4) is 0 Å². The van der Waals surface area contributed by atoms with E-state index in [0.717, 1.165) is 12.3 Å². The highest BCUT2D eigenvalue weighted by Crippen LogP contribution is 2.31. The van der Waals surface area contributed by atoms with Crippen LogP contribution in [0, 0.1) is 6.92 Å². The highest BCUT2D eigenvalue weighted by molar-refractivity contribution is 5.87. The number of halogens is 3. The lowest BCUT2D eigenvalue weighted by atomic mass is 10.1. The van der Waals surface area contributed by atoms with E-state index in [-0.39, 0.29) is 5.56 Å². The van der Waals surface area contributed by atoms with E-state index in [0.29, 0.717) is 0 Å². The van der Waals surface area contributed by atoms with E-state index in [1.165, 1.54) is 6.92 Å². The number of pyridine rings is 1. The molecule has 0 aliphatic carbocycles. The van der Waals surface area contributed by atoms with Crippen LogP contribution in [-0.2, 0) is 6.18 Å². The first-order valence-electron chi connectivity index (χ1n) is 3.59. The van der Waals surface area contributed by atoms with Gasteiger partial charge in [0.05, 0.1) is 5.56 Å². The normalized spacial score (nSPS) is 11.4. The SMILES string of the molecule is Cc1cnc(C(=O)O)c(C(F)(F)F)c1. The van der Waals surface area contributed by atoms with Gasteiger partial charge in [0.15, 0.2) is 5.69 Å². The van der Waals surface area contributed by atoms with Crippen LogP contribution in [-0.4, -0.2) is 16.1 Å². The van der Waals surface area contributed by atoms with Gasteiger partial charge in [0, 0.05) is 6.20 Å². The van der Waals surface area contributed by atoms with E-state index < -0.39 is 23.4 Å². The van der Waals surface area contributed by atoms with Crippen molar-refractivity contribution >= 4 is 5.97 Å². The van der Waals surface area contributed by atoms with E-state index >= 15 is 0 Å². The Morgan fingerprint density at radius 3 is 2.50 bits per heavy atom. The largest absolute Gasteiger partial charge is 0.476 e. The van der Waals surface area contributed by atoms with Crippen LogP contribution in [0.1, 0.15) is 21.6 Å². The lowest BCUT2D eigenvalue weighted by Crippen LogP contribution is -2.14. The number of carbonyl (C=O) groups is 1. The molecule has 76 valence electrons. The van der Waals surface area contributed by atoms with Crippen molar-refractivity contribution in [3.8, 4) is 0 Å². The minimum atomic E-state index is -4.69. The molecule has 0 aliphatic rings. The molecular weight excluding hydrogens is 199 g/mol. The standard InChI is InChI=1S/C8H6F3NO2/c1-4-2-5(8(9,10)11)6(7(13)14)12-3-4/h2-3H,1H3,(H,13,14). The summed E-state index contributed by atoms with van der Waals surface area (Å²) in [6, 6.07) is 0.760. The van der Waals surface area contributed by atoms with Crippen molar-refractivity contribution in [2.75, 3.05) is 0 Å². The van der Waals surface area contributed by atoms with Gasteiger partial charge in [-0.1, -0.05) is 0 Å². The molecule has 1 aromatic heterocycles. The third-order valence-electron chi connectivity index (χ3n) is 1.53. The molecule has 0 spiro atoms. The first-order chi connectivity index (χ1) is 6.32. The van der Waals surface area contributed by atoms with Crippen molar-refractivity contribution in [1.82, 2.24) is 4.98 Å². The molecule has 1 aromatic rings. The first-order valence-corrected chi connectivity index (χ1v) is 3.59. The van der Waals surface area contributed by atoms with Gasteiger partial charge in [-0.15, -0.1) is 0 Å². The topological polar surface area (TPSA) is 50.2 Å². The number of hydrogen-bond acceptors (Lipinski definition) is 2. The molecule has 0 unspecified atom stereocenters. The molecule has 0 atom stereocenters. The van der Waals surface area contributed by atoms with Crippen LogP contribution in [0.2, 0.25) is 0 Å². The highest BCUT2D eigenvalue weighted by atomic mass is 19.4. The van der Waals surface area contributed by atoms with Gasteiger partial charge in [0.2, 0.25) is 0 Å². The molecule has 0 radical (unpaired) electrons. The molecule has 0 saturated carbocycles. The lowest BCUT2D eigenvalue weighted by Gasteiger charge is -2.09. The van der Waals surface area contributed by atoms with Gasteiger partial charge >= 0.3 is 12.1 Å². The molecule has 3 nitrogen and oxygen atoms in total. The Labute approximate surface area is 77.2 Å². The number of aryl methyl sites for hydroxylation is 1. The predicted octanol–water partition coefficient (Wildman–Crippen LogP) is 2.11. The van der Waals surface area contributed by atoms with Gasteiger partial charge in [-0.25, -0.2) is 9.78 Å². The van der Waals surface area contributed by atoms with E-state index in [9.17, 15) is 18.0 Å². The summed E-state index contributed by atoms with van der Waals surface area (Å²) >= 11 is 0. The molecule has 0 amide bonds. The molecule has 0 aromatic carbocycles. The Morgan fingerprint density at radius 1 is 1.50 bits per heavy atom. The Kier molecular flexibility index (Phi) is 2.46. The summed E-state index contributed by atoms with van der Waals surface area (Å²) in [5, 5.41) is 8.46. The maximum absolute atomic E-state index is 12.3. The zero-order valence-electron chi connectivity index (χ0n) is 7.09. The molecule has 1 N–H and O–H groups in total. The third-order valence-corrected chi connectivity index (χ3v) is 1.53. The first kappa shape index (κ1) is 10.5. The third kappa shape index (κ3) is 2.01. The number of alkyl halides is 3. The van der Waals surface area contributed by atoms with Crippen LogP contribution in [0.25, 0.3) is 0 Å². The van der Waals surface area contributed by atoms with Crippen LogP contribution in [0.4, 0.5) is 13.2 Å². The zero-order valence-corrected chi connectivity index (χ0v) is 7.09. The summed E-state index contributed by atoms with van der Waals surface area (Å²) < 4.78 is 36.9. The van der Waals surface area contributed by atoms with Crippen molar-refractivity contribution in [3.05, 3.63) is 29.1 Å². The minimum absolute atomic E-state index is 0.266. The van der Waals surface area contributed by atoms with Gasteiger partial charge in [0.25, 0.3) is 0 Å². The molecule has 0 saturated heterocycles. The summed E-state index contributed by atoms with van der Waals surface area (Å²) in [5.74, 6) is -1.68. The summed E-state index contributed by atoms with van der Waals surface area (Å²) in [4.78, 5) is 13.6. The van der Waals surface area contributed by atoms with Crippen molar-refractivity contribution in [3.63, 3.8) is 0 Å². The molecule has 0 bridgehead atoms. The summed E-state index contributed by atoms with van der Waals surface area (Å²) in [6.07, 6.45) is -3.61. The van der Waals surface area contributed by atoms with Crippen molar-refractivity contribution in [2.24, 2.45) is 0 Å². The lowest BCUT2D eigenvalue weighted by molar-refractivity contribution is -0.138. The van der Waals surface area contributed by atoms with Crippen LogP contribution >= 0.6 is 0 Å². The quantitative estimate of drug-likeness (QED) is 0.763. The Balaban J connectivity index is 3.38. The van der Waals surface area contributed by atoms with Crippen LogP contribution in [0.15, 0.2) is 12.3 Å². The van der Waals surface area contributed by atoms with Crippen molar-refractivity contribution < 1.29 is 23.1 Å². The second kappa shape index (κ2) is 3.28. The van der Waals surface area contributed by atoms with Gasteiger partial charge < -0.3 is 5.11 Å². The van der Waals surface area contributed by atoms with E-state index in [2.05, 4.69) is 4.98 Å².